The third-order valence-electron chi connectivity index (χ3n) is 2.66. The van der Waals surface area contributed by atoms with Crippen LogP contribution in [0.3, 0.4) is 0 Å². The second kappa shape index (κ2) is 5.63. The highest BCUT2D eigenvalue weighted by molar-refractivity contribution is 7.62. The molecule has 0 rings (SSSR count). The Morgan fingerprint density at radius 3 is 1.94 bits per heavy atom. The summed E-state index contributed by atoms with van der Waals surface area (Å²) in [4.78, 5) is 0. The first-order chi connectivity index (χ1) is 6.85. The van der Waals surface area contributed by atoms with Crippen molar-refractivity contribution < 1.29 is 8.85 Å². The lowest BCUT2D eigenvalue weighted by Crippen LogP contribution is -2.41. The van der Waals surface area contributed by atoms with Gasteiger partial charge >= 0.3 is 6.25 Å². The molecular formula is C9H19Cl3O2Si2. The first-order valence-corrected chi connectivity index (χ1v) is 12.8. The van der Waals surface area contributed by atoms with E-state index in [1.807, 2.05) is 0 Å². The highest BCUT2D eigenvalue weighted by Crippen LogP contribution is 2.37. The maximum absolute atomic E-state index is 5.86. The SMILES string of the molecule is C=C(CO[Si](C)(C)C(C)(C)C)O[Si](Cl)(Cl)Cl. The number of halogens is 3. The summed E-state index contributed by atoms with van der Waals surface area (Å²) in [7, 11) is -1.80. The lowest BCUT2D eigenvalue weighted by Gasteiger charge is -2.36. The van der Waals surface area contributed by atoms with Gasteiger partial charge in [0.15, 0.2) is 8.32 Å². The molecule has 0 saturated carbocycles. The van der Waals surface area contributed by atoms with Crippen LogP contribution < -0.4 is 0 Å². The molecule has 0 fully saturated rings. The molecule has 0 unspecified atom stereocenters. The Kier molecular flexibility index (Phi) is 5.91. The van der Waals surface area contributed by atoms with E-state index in [0.29, 0.717) is 5.76 Å². The van der Waals surface area contributed by atoms with Gasteiger partial charge in [-0.1, -0.05) is 60.6 Å². The van der Waals surface area contributed by atoms with Gasteiger partial charge in [-0.05, 0) is 18.1 Å². The summed E-state index contributed by atoms with van der Waals surface area (Å²) in [6.07, 6.45) is -3.11. The molecule has 0 aromatic carbocycles. The van der Waals surface area contributed by atoms with Gasteiger partial charge < -0.3 is 8.85 Å². The van der Waals surface area contributed by atoms with Gasteiger partial charge in [0.05, 0.1) is 12.4 Å². The van der Waals surface area contributed by atoms with E-state index >= 15 is 0 Å². The van der Waals surface area contributed by atoms with E-state index < -0.39 is 14.6 Å². The van der Waals surface area contributed by atoms with Crippen LogP contribution in [0.25, 0.3) is 0 Å². The molecule has 16 heavy (non-hydrogen) atoms. The first kappa shape index (κ1) is 16.8. The Morgan fingerprint density at radius 1 is 1.19 bits per heavy atom. The molecule has 0 N–H and O–H groups in total. The molecular weight excluding hydrogens is 303 g/mol. The van der Waals surface area contributed by atoms with Gasteiger partial charge in [0, 0.05) is 0 Å². The normalized spacial score (nSPS) is 13.8. The van der Waals surface area contributed by atoms with Gasteiger partial charge in [0.1, 0.15) is 0 Å². The monoisotopic (exact) mass is 320 g/mol. The van der Waals surface area contributed by atoms with Gasteiger partial charge in [-0.3, -0.25) is 0 Å². The van der Waals surface area contributed by atoms with E-state index in [-0.39, 0.29) is 11.6 Å². The smallest absolute Gasteiger partial charge is 0.510 e. The first-order valence-electron chi connectivity index (χ1n) is 4.93. The predicted molar refractivity (Wildman–Crippen MR) is 76.7 cm³/mol. The standard InChI is InChI=1S/C9H19Cl3O2Si2/c1-8(14-16(10,11)12)7-13-15(5,6)9(2,3)4/h1,7H2,2-6H3. The second-order valence-electron chi connectivity index (χ2n) is 5.14. The zero-order valence-electron chi connectivity index (χ0n) is 10.4. The average Bonchev–Trinajstić information content (AvgIpc) is 1.95. The van der Waals surface area contributed by atoms with Crippen LogP contribution in [0.5, 0.6) is 0 Å². The molecule has 0 spiro atoms. The van der Waals surface area contributed by atoms with Crippen molar-refractivity contribution in [1.29, 1.82) is 0 Å². The molecule has 0 aromatic heterocycles. The van der Waals surface area contributed by atoms with Gasteiger partial charge in [-0.25, -0.2) is 0 Å². The molecule has 0 aliphatic heterocycles. The summed E-state index contributed by atoms with van der Waals surface area (Å²) in [5, 5.41) is 0.144. The maximum atomic E-state index is 5.86. The quantitative estimate of drug-likeness (QED) is 0.415. The molecule has 0 radical (unpaired) electrons. The minimum atomic E-state index is -3.11. The van der Waals surface area contributed by atoms with Crippen molar-refractivity contribution in [2.45, 2.75) is 38.9 Å². The summed E-state index contributed by atoms with van der Waals surface area (Å²) >= 11 is 16.8. The van der Waals surface area contributed by atoms with Crippen LogP contribution in [0, 0.1) is 0 Å². The molecule has 2 nitrogen and oxygen atoms in total. The molecule has 0 atom stereocenters. The third-order valence-corrected chi connectivity index (χ3v) is 8.35. The van der Waals surface area contributed by atoms with Crippen molar-refractivity contribution in [3.05, 3.63) is 12.3 Å². The molecule has 0 heterocycles. The van der Waals surface area contributed by atoms with Gasteiger partial charge in [0.2, 0.25) is 0 Å². The van der Waals surface area contributed by atoms with Gasteiger partial charge in [-0.2, -0.15) is 0 Å². The average molecular weight is 322 g/mol. The summed E-state index contributed by atoms with van der Waals surface area (Å²) in [5.74, 6) is 0.386. The van der Waals surface area contributed by atoms with Crippen molar-refractivity contribution in [2.24, 2.45) is 0 Å². The van der Waals surface area contributed by atoms with Crippen molar-refractivity contribution in [2.75, 3.05) is 6.61 Å². The van der Waals surface area contributed by atoms with E-state index in [2.05, 4.69) is 40.4 Å². The Morgan fingerprint density at radius 2 is 1.62 bits per heavy atom. The van der Waals surface area contributed by atoms with Crippen molar-refractivity contribution in [3.8, 4) is 0 Å². The summed E-state index contributed by atoms with van der Waals surface area (Å²) in [5.41, 5.74) is 0. The van der Waals surface area contributed by atoms with E-state index in [1.165, 1.54) is 0 Å². The van der Waals surface area contributed by atoms with Crippen LogP contribution >= 0.6 is 33.2 Å². The van der Waals surface area contributed by atoms with Crippen LogP contribution in [0.2, 0.25) is 18.1 Å². The van der Waals surface area contributed by atoms with Crippen LogP contribution in [0.1, 0.15) is 20.8 Å². The molecule has 0 aromatic rings. The summed E-state index contributed by atoms with van der Waals surface area (Å²) < 4.78 is 10.9. The number of rotatable bonds is 5. The minimum absolute atomic E-state index is 0.144. The Bertz CT molecular complexity index is 256. The second-order valence-corrected chi connectivity index (χ2v) is 17.6. The number of hydrogen-bond donors (Lipinski definition) is 0. The lowest BCUT2D eigenvalue weighted by molar-refractivity contribution is 0.266. The van der Waals surface area contributed by atoms with E-state index in [4.69, 9.17) is 42.1 Å². The molecule has 0 saturated heterocycles. The lowest BCUT2D eigenvalue weighted by atomic mass is 10.2. The zero-order chi connectivity index (χ0) is 13.2. The molecule has 0 amide bonds. The van der Waals surface area contributed by atoms with Gasteiger partial charge in [-0.15, -0.1) is 0 Å². The Balaban J connectivity index is 4.22. The fourth-order valence-electron chi connectivity index (χ4n) is 0.671. The predicted octanol–water partition coefficient (Wildman–Crippen LogP) is 4.69. The topological polar surface area (TPSA) is 18.5 Å². The molecule has 0 aliphatic carbocycles. The third kappa shape index (κ3) is 6.52. The fourth-order valence-corrected chi connectivity index (χ4v) is 2.99. The molecule has 0 bridgehead atoms. The molecule has 7 heteroatoms. The summed E-state index contributed by atoms with van der Waals surface area (Å²) in [6.45, 7) is 14.7. The van der Waals surface area contributed by atoms with Crippen LogP contribution in [-0.2, 0) is 8.85 Å². The fraction of sp³-hybridized carbons (Fsp3) is 0.778. The Hall–Kier alpha value is 0.804. The maximum Gasteiger partial charge on any atom is 0.555 e. The molecule has 96 valence electrons. The van der Waals surface area contributed by atoms with Crippen LogP contribution in [-0.4, -0.2) is 21.2 Å². The van der Waals surface area contributed by atoms with Crippen LogP contribution in [0.4, 0.5) is 0 Å². The minimum Gasteiger partial charge on any atom is -0.510 e. The highest BCUT2D eigenvalue weighted by Gasteiger charge is 2.38. The zero-order valence-corrected chi connectivity index (χ0v) is 14.6. The van der Waals surface area contributed by atoms with Crippen molar-refractivity contribution in [1.82, 2.24) is 0 Å². The summed E-state index contributed by atoms with van der Waals surface area (Å²) in [6, 6.07) is 0. The van der Waals surface area contributed by atoms with Crippen LogP contribution in [0.15, 0.2) is 12.3 Å². The van der Waals surface area contributed by atoms with Crippen molar-refractivity contribution in [3.63, 3.8) is 0 Å². The van der Waals surface area contributed by atoms with Crippen molar-refractivity contribution >= 4 is 47.8 Å². The molecule has 0 aliphatic rings. The van der Waals surface area contributed by atoms with E-state index in [9.17, 15) is 0 Å². The largest absolute Gasteiger partial charge is 0.555 e. The van der Waals surface area contributed by atoms with E-state index in [1.54, 1.807) is 0 Å². The number of hydrogen-bond acceptors (Lipinski definition) is 2. The van der Waals surface area contributed by atoms with Gasteiger partial charge in [0.25, 0.3) is 0 Å². The highest BCUT2D eigenvalue weighted by atomic mass is 35.8. The van der Waals surface area contributed by atoms with E-state index in [0.717, 1.165) is 0 Å². The Labute approximate surface area is 114 Å².